The molecule has 0 saturated carbocycles. The van der Waals surface area contributed by atoms with E-state index < -0.39 is 11.6 Å². The summed E-state index contributed by atoms with van der Waals surface area (Å²) in [5, 5.41) is 2.46. The van der Waals surface area contributed by atoms with Crippen LogP contribution in [0.3, 0.4) is 0 Å². The van der Waals surface area contributed by atoms with E-state index in [1.54, 1.807) is 0 Å². The predicted octanol–water partition coefficient (Wildman–Crippen LogP) is 4.21. The first-order valence-corrected chi connectivity index (χ1v) is 7.25. The highest BCUT2D eigenvalue weighted by atomic mass is 32.1. The van der Waals surface area contributed by atoms with Crippen molar-refractivity contribution in [3.05, 3.63) is 65.0 Å². The third-order valence-corrected chi connectivity index (χ3v) is 3.99. The molecular formula is C16H12F2N2S. The molecule has 0 fully saturated rings. The highest BCUT2D eigenvalue weighted by Gasteiger charge is 2.09. The average molecular weight is 302 g/mol. The van der Waals surface area contributed by atoms with Gasteiger partial charge in [-0.1, -0.05) is 24.3 Å². The first-order chi connectivity index (χ1) is 10.2. The molecule has 0 aliphatic rings. The minimum Gasteiger partial charge on any atom is -0.326 e. The summed E-state index contributed by atoms with van der Waals surface area (Å²) < 4.78 is 26.5. The molecule has 1 heterocycles. The van der Waals surface area contributed by atoms with E-state index in [1.165, 1.54) is 23.5 Å². The lowest BCUT2D eigenvalue weighted by atomic mass is 10.1. The Bertz CT molecular complexity index is 746. The minimum atomic E-state index is -0.603. The Hall–Kier alpha value is -2.11. The van der Waals surface area contributed by atoms with Gasteiger partial charge >= 0.3 is 0 Å². The van der Waals surface area contributed by atoms with Gasteiger partial charge in [0, 0.05) is 29.1 Å². The number of rotatable bonds is 3. The molecule has 3 rings (SSSR count). The fourth-order valence-electron chi connectivity index (χ4n) is 2.03. The van der Waals surface area contributed by atoms with Gasteiger partial charge in [-0.15, -0.1) is 11.3 Å². The highest BCUT2D eigenvalue weighted by Crippen LogP contribution is 2.29. The molecule has 0 saturated heterocycles. The topological polar surface area (TPSA) is 38.9 Å². The molecule has 21 heavy (non-hydrogen) atoms. The molecule has 2 aromatic carbocycles. The lowest BCUT2D eigenvalue weighted by Gasteiger charge is -2.00. The van der Waals surface area contributed by atoms with Gasteiger partial charge in [0.15, 0.2) is 0 Å². The molecule has 0 aliphatic heterocycles. The van der Waals surface area contributed by atoms with E-state index in [2.05, 4.69) is 4.98 Å². The van der Waals surface area contributed by atoms with Crippen LogP contribution in [0.1, 0.15) is 5.56 Å². The number of hydrogen-bond acceptors (Lipinski definition) is 3. The molecule has 106 valence electrons. The van der Waals surface area contributed by atoms with Gasteiger partial charge in [-0.3, -0.25) is 0 Å². The SMILES string of the molecule is NCc1ccc(-c2csc(-c3cc(F)cc(F)c3)n2)cc1. The van der Waals surface area contributed by atoms with Crippen molar-refractivity contribution in [1.82, 2.24) is 4.98 Å². The summed E-state index contributed by atoms with van der Waals surface area (Å²) in [6.07, 6.45) is 0. The van der Waals surface area contributed by atoms with Crippen LogP contribution >= 0.6 is 11.3 Å². The Labute approximate surface area is 124 Å². The third-order valence-electron chi connectivity index (χ3n) is 3.10. The summed E-state index contributed by atoms with van der Waals surface area (Å²) in [6, 6.07) is 11.2. The summed E-state index contributed by atoms with van der Waals surface area (Å²) in [5.41, 5.74) is 8.78. The van der Waals surface area contributed by atoms with Crippen molar-refractivity contribution >= 4 is 11.3 Å². The van der Waals surface area contributed by atoms with Crippen molar-refractivity contribution in [3.8, 4) is 21.8 Å². The van der Waals surface area contributed by atoms with E-state index in [0.717, 1.165) is 22.9 Å². The molecule has 1 aromatic heterocycles. The maximum absolute atomic E-state index is 13.3. The second kappa shape index (κ2) is 5.71. The predicted molar refractivity (Wildman–Crippen MR) is 80.8 cm³/mol. The van der Waals surface area contributed by atoms with Gasteiger partial charge < -0.3 is 5.73 Å². The number of aromatic nitrogens is 1. The van der Waals surface area contributed by atoms with Crippen LogP contribution in [0.15, 0.2) is 47.8 Å². The van der Waals surface area contributed by atoms with Crippen molar-refractivity contribution in [2.45, 2.75) is 6.54 Å². The van der Waals surface area contributed by atoms with Crippen LogP contribution in [0, 0.1) is 11.6 Å². The van der Waals surface area contributed by atoms with Gasteiger partial charge in [0.25, 0.3) is 0 Å². The molecule has 5 heteroatoms. The van der Waals surface area contributed by atoms with Crippen molar-refractivity contribution in [2.24, 2.45) is 5.73 Å². The molecular weight excluding hydrogens is 290 g/mol. The van der Waals surface area contributed by atoms with E-state index >= 15 is 0 Å². The van der Waals surface area contributed by atoms with E-state index in [4.69, 9.17) is 5.73 Å². The molecule has 2 nitrogen and oxygen atoms in total. The molecule has 0 spiro atoms. The summed E-state index contributed by atoms with van der Waals surface area (Å²) in [4.78, 5) is 4.44. The maximum Gasteiger partial charge on any atom is 0.126 e. The fraction of sp³-hybridized carbons (Fsp3) is 0.0625. The van der Waals surface area contributed by atoms with Crippen molar-refractivity contribution in [1.29, 1.82) is 0 Å². The lowest BCUT2D eigenvalue weighted by molar-refractivity contribution is 0.584. The van der Waals surface area contributed by atoms with Crippen LogP contribution in [0.5, 0.6) is 0 Å². The minimum absolute atomic E-state index is 0.447. The second-order valence-corrected chi connectivity index (χ2v) is 5.46. The lowest BCUT2D eigenvalue weighted by Crippen LogP contribution is -1.95. The van der Waals surface area contributed by atoms with Crippen molar-refractivity contribution in [2.75, 3.05) is 0 Å². The van der Waals surface area contributed by atoms with Gasteiger partial charge in [-0.25, -0.2) is 13.8 Å². The quantitative estimate of drug-likeness (QED) is 0.787. The molecule has 0 unspecified atom stereocenters. The van der Waals surface area contributed by atoms with Crippen LogP contribution in [0.4, 0.5) is 8.78 Å². The number of benzene rings is 2. The van der Waals surface area contributed by atoms with Crippen LogP contribution in [-0.4, -0.2) is 4.98 Å². The molecule has 0 amide bonds. The Morgan fingerprint density at radius 2 is 1.62 bits per heavy atom. The Balaban J connectivity index is 1.95. The molecule has 0 aliphatic carbocycles. The molecule has 0 atom stereocenters. The number of nitrogens with two attached hydrogens (primary N) is 1. The number of nitrogens with zero attached hydrogens (tertiary/aromatic N) is 1. The van der Waals surface area contributed by atoms with Crippen LogP contribution < -0.4 is 5.73 Å². The Kier molecular flexibility index (Phi) is 3.77. The number of hydrogen-bond donors (Lipinski definition) is 1. The molecule has 3 aromatic rings. The molecule has 0 bridgehead atoms. The van der Waals surface area contributed by atoms with E-state index in [-0.39, 0.29) is 0 Å². The highest BCUT2D eigenvalue weighted by molar-refractivity contribution is 7.13. The van der Waals surface area contributed by atoms with Crippen LogP contribution in [0.2, 0.25) is 0 Å². The first kappa shape index (κ1) is 13.9. The zero-order valence-corrected chi connectivity index (χ0v) is 11.8. The first-order valence-electron chi connectivity index (χ1n) is 6.37. The third kappa shape index (κ3) is 2.99. The van der Waals surface area contributed by atoms with Crippen molar-refractivity contribution in [3.63, 3.8) is 0 Å². The van der Waals surface area contributed by atoms with Gasteiger partial charge in [-0.2, -0.15) is 0 Å². The smallest absolute Gasteiger partial charge is 0.126 e. The average Bonchev–Trinajstić information content (AvgIpc) is 2.96. The molecule has 0 radical (unpaired) electrons. The summed E-state index contributed by atoms with van der Waals surface area (Å²) in [6.45, 7) is 0.491. The summed E-state index contributed by atoms with van der Waals surface area (Å²) in [7, 11) is 0. The standard InChI is InChI=1S/C16H12F2N2S/c17-13-5-12(6-14(18)7-13)16-20-15(9-21-16)11-3-1-10(8-19)2-4-11/h1-7,9H,8,19H2. The normalized spacial score (nSPS) is 10.8. The largest absolute Gasteiger partial charge is 0.326 e. The van der Waals surface area contributed by atoms with Gasteiger partial charge in [0.05, 0.1) is 5.69 Å². The Morgan fingerprint density at radius 1 is 0.952 bits per heavy atom. The fourth-order valence-corrected chi connectivity index (χ4v) is 2.84. The van der Waals surface area contributed by atoms with E-state index in [1.807, 2.05) is 29.6 Å². The maximum atomic E-state index is 13.3. The van der Waals surface area contributed by atoms with Crippen molar-refractivity contribution < 1.29 is 8.78 Å². The van der Waals surface area contributed by atoms with Gasteiger partial charge in [0.2, 0.25) is 0 Å². The van der Waals surface area contributed by atoms with Gasteiger partial charge in [-0.05, 0) is 17.7 Å². The zero-order valence-electron chi connectivity index (χ0n) is 11.0. The number of thiazole rings is 1. The summed E-state index contributed by atoms with van der Waals surface area (Å²) >= 11 is 1.36. The Morgan fingerprint density at radius 3 is 2.24 bits per heavy atom. The zero-order chi connectivity index (χ0) is 14.8. The van der Waals surface area contributed by atoms with Gasteiger partial charge in [0.1, 0.15) is 16.6 Å². The van der Waals surface area contributed by atoms with E-state index in [0.29, 0.717) is 17.1 Å². The van der Waals surface area contributed by atoms with E-state index in [9.17, 15) is 8.78 Å². The number of halogens is 2. The monoisotopic (exact) mass is 302 g/mol. The van der Waals surface area contributed by atoms with Crippen LogP contribution in [-0.2, 0) is 6.54 Å². The second-order valence-electron chi connectivity index (χ2n) is 4.60. The summed E-state index contributed by atoms with van der Waals surface area (Å²) in [5.74, 6) is -1.21. The van der Waals surface area contributed by atoms with Crippen LogP contribution in [0.25, 0.3) is 21.8 Å². The molecule has 2 N–H and O–H groups in total.